The van der Waals surface area contributed by atoms with Crippen LogP contribution in [0.5, 0.6) is 0 Å². The molecule has 0 heterocycles. The van der Waals surface area contributed by atoms with Crippen molar-refractivity contribution in [3.8, 4) is 0 Å². The van der Waals surface area contributed by atoms with Crippen molar-refractivity contribution < 1.29 is 9.18 Å². The minimum absolute atomic E-state index is 0.121. The maximum absolute atomic E-state index is 13.2. The van der Waals surface area contributed by atoms with E-state index in [9.17, 15) is 9.18 Å². The van der Waals surface area contributed by atoms with E-state index < -0.39 is 5.82 Å². The molecule has 76 valence electrons. The predicted octanol–water partition coefficient (Wildman–Crippen LogP) is 3.41. The molecule has 0 radical (unpaired) electrons. The Labute approximate surface area is 91.6 Å². The van der Waals surface area contributed by atoms with Crippen LogP contribution in [-0.2, 0) is 0 Å². The Hall–Kier alpha value is -0.540. The highest BCUT2D eigenvalue weighted by Crippen LogP contribution is 2.16. The largest absolute Gasteiger partial charge is 0.293 e. The Bertz CT molecular complexity index is 341. The van der Waals surface area contributed by atoms with Gasteiger partial charge in [0.25, 0.3) is 0 Å². The predicted molar refractivity (Wildman–Crippen MR) is 58.7 cm³/mol. The van der Waals surface area contributed by atoms with Gasteiger partial charge in [-0.2, -0.15) is 11.8 Å². The molecule has 0 aromatic heterocycles. The van der Waals surface area contributed by atoms with Crippen LogP contribution in [-0.4, -0.2) is 17.3 Å². The third-order valence-electron chi connectivity index (χ3n) is 1.67. The van der Waals surface area contributed by atoms with Gasteiger partial charge < -0.3 is 0 Å². The molecule has 1 nitrogen and oxygen atoms in total. The number of halogens is 2. The number of hydrogen-bond acceptors (Lipinski definition) is 2. The second-order valence-corrected chi connectivity index (χ2v) is 4.40. The Kier molecular flexibility index (Phi) is 4.42. The fourth-order valence-electron chi connectivity index (χ4n) is 0.988. The Morgan fingerprint density at radius 1 is 1.57 bits per heavy atom. The van der Waals surface area contributed by atoms with Gasteiger partial charge in [-0.15, -0.1) is 0 Å². The minimum Gasteiger partial charge on any atom is -0.293 e. The SMILES string of the molecule is CCSCC(=O)c1ccc(Cl)cc1F. The smallest absolute Gasteiger partial charge is 0.175 e. The topological polar surface area (TPSA) is 17.1 Å². The highest BCUT2D eigenvalue weighted by atomic mass is 35.5. The summed E-state index contributed by atoms with van der Waals surface area (Å²) in [6.07, 6.45) is 0. The van der Waals surface area contributed by atoms with Crippen molar-refractivity contribution >= 4 is 29.1 Å². The van der Waals surface area contributed by atoms with E-state index in [4.69, 9.17) is 11.6 Å². The normalized spacial score (nSPS) is 10.2. The molecule has 0 fully saturated rings. The van der Waals surface area contributed by atoms with E-state index in [1.54, 1.807) is 0 Å². The van der Waals surface area contributed by atoms with Crippen LogP contribution in [0.25, 0.3) is 0 Å². The zero-order valence-electron chi connectivity index (χ0n) is 7.72. The molecule has 1 rings (SSSR count). The molecule has 0 aliphatic heterocycles. The molecule has 1 aromatic rings. The van der Waals surface area contributed by atoms with E-state index in [1.807, 2.05) is 6.92 Å². The van der Waals surface area contributed by atoms with Gasteiger partial charge in [-0.3, -0.25) is 4.79 Å². The highest BCUT2D eigenvalue weighted by Gasteiger charge is 2.11. The second-order valence-electron chi connectivity index (χ2n) is 2.68. The first-order valence-electron chi connectivity index (χ1n) is 4.21. The molecule has 1 aromatic carbocycles. The molecular formula is C10H10ClFOS. The van der Waals surface area contributed by atoms with Crippen molar-refractivity contribution in [2.45, 2.75) is 6.92 Å². The van der Waals surface area contributed by atoms with Gasteiger partial charge in [-0.1, -0.05) is 18.5 Å². The summed E-state index contributed by atoms with van der Waals surface area (Å²) in [5, 5.41) is 0.308. The van der Waals surface area contributed by atoms with Gasteiger partial charge in [-0.05, 0) is 24.0 Å². The average molecular weight is 233 g/mol. The molecular weight excluding hydrogens is 223 g/mol. The summed E-state index contributed by atoms with van der Waals surface area (Å²) in [5.41, 5.74) is 0.121. The van der Waals surface area contributed by atoms with E-state index in [0.29, 0.717) is 10.8 Å². The summed E-state index contributed by atoms with van der Waals surface area (Å²) in [5.74, 6) is 0.431. The van der Waals surface area contributed by atoms with E-state index in [2.05, 4.69) is 0 Å². The number of ketones is 1. The van der Waals surface area contributed by atoms with Crippen LogP contribution < -0.4 is 0 Å². The molecule has 14 heavy (non-hydrogen) atoms. The monoisotopic (exact) mass is 232 g/mol. The third kappa shape index (κ3) is 3.00. The van der Waals surface area contributed by atoms with Crippen LogP contribution in [0.1, 0.15) is 17.3 Å². The number of thioether (sulfide) groups is 1. The number of rotatable bonds is 4. The Balaban J connectivity index is 2.80. The molecule has 4 heteroatoms. The van der Waals surface area contributed by atoms with Gasteiger partial charge >= 0.3 is 0 Å². The number of Topliss-reactive ketones (excluding diaryl/α,β-unsaturated/α-hetero) is 1. The van der Waals surface area contributed by atoms with Gasteiger partial charge in [0.2, 0.25) is 0 Å². The first-order valence-corrected chi connectivity index (χ1v) is 5.74. The summed E-state index contributed by atoms with van der Waals surface area (Å²) >= 11 is 7.04. The molecule has 0 bridgehead atoms. The maximum atomic E-state index is 13.2. The molecule has 0 N–H and O–H groups in total. The number of carbonyl (C=O) groups excluding carboxylic acids is 1. The molecule has 0 amide bonds. The molecule has 0 aliphatic rings. The Morgan fingerprint density at radius 2 is 2.29 bits per heavy atom. The van der Waals surface area contributed by atoms with Crippen LogP contribution in [0.2, 0.25) is 5.02 Å². The van der Waals surface area contributed by atoms with Gasteiger partial charge in [-0.25, -0.2) is 4.39 Å². The number of hydrogen-bond donors (Lipinski definition) is 0. The number of carbonyl (C=O) groups is 1. The molecule has 0 saturated heterocycles. The van der Waals surface area contributed by atoms with Crippen molar-refractivity contribution in [3.05, 3.63) is 34.6 Å². The lowest BCUT2D eigenvalue weighted by atomic mass is 10.1. The zero-order valence-corrected chi connectivity index (χ0v) is 9.29. The van der Waals surface area contributed by atoms with E-state index in [1.165, 1.54) is 23.9 Å². The zero-order chi connectivity index (χ0) is 10.6. The fourth-order valence-corrected chi connectivity index (χ4v) is 1.69. The summed E-state index contributed by atoms with van der Waals surface area (Å²) < 4.78 is 13.2. The van der Waals surface area contributed by atoms with Crippen molar-refractivity contribution in [1.82, 2.24) is 0 Å². The average Bonchev–Trinajstić information content (AvgIpc) is 2.14. The van der Waals surface area contributed by atoms with Crippen molar-refractivity contribution in [2.24, 2.45) is 0 Å². The maximum Gasteiger partial charge on any atom is 0.175 e. The summed E-state index contributed by atoms with van der Waals surface area (Å²) in [7, 11) is 0. The lowest BCUT2D eigenvalue weighted by Gasteiger charge is -2.01. The Morgan fingerprint density at radius 3 is 2.86 bits per heavy atom. The van der Waals surface area contributed by atoms with Crippen LogP contribution in [0.3, 0.4) is 0 Å². The van der Waals surface area contributed by atoms with Crippen LogP contribution in [0, 0.1) is 5.82 Å². The van der Waals surface area contributed by atoms with Crippen LogP contribution in [0.4, 0.5) is 4.39 Å². The first-order chi connectivity index (χ1) is 6.65. The third-order valence-corrected chi connectivity index (χ3v) is 2.78. The highest BCUT2D eigenvalue weighted by molar-refractivity contribution is 7.99. The van der Waals surface area contributed by atoms with Crippen molar-refractivity contribution in [1.29, 1.82) is 0 Å². The summed E-state index contributed by atoms with van der Waals surface area (Å²) in [4.78, 5) is 11.4. The molecule has 0 aliphatic carbocycles. The quantitative estimate of drug-likeness (QED) is 0.740. The fraction of sp³-hybridized carbons (Fsp3) is 0.300. The van der Waals surface area contributed by atoms with Gasteiger partial charge in [0.15, 0.2) is 5.78 Å². The van der Waals surface area contributed by atoms with E-state index in [0.717, 1.165) is 11.8 Å². The van der Waals surface area contributed by atoms with Crippen LogP contribution >= 0.6 is 23.4 Å². The van der Waals surface area contributed by atoms with Crippen LogP contribution in [0.15, 0.2) is 18.2 Å². The van der Waals surface area contributed by atoms with E-state index in [-0.39, 0.29) is 11.3 Å². The lowest BCUT2D eigenvalue weighted by Crippen LogP contribution is -2.05. The molecule has 0 atom stereocenters. The number of benzene rings is 1. The molecule has 0 unspecified atom stereocenters. The van der Waals surface area contributed by atoms with Gasteiger partial charge in [0.05, 0.1) is 11.3 Å². The molecule has 0 saturated carbocycles. The van der Waals surface area contributed by atoms with Gasteiger partial charge in [0.1, 0.15) is 5.82 Å². The summed E-state index contributed by atoms with van der Waals surface area (Å²) in [6, 6.07) is 4.11. The van der Waals surface area contributed by atoms with E-state index >= 15 is 0 Å². The lowest BCUT2D eigenvalue weighted by molar-refractivity contribution is 0.101. The minimum atomic E-state index is -0.542. The second kappa shape index (κ2) is 5.37. The summed E-state index contributed by atoms with van der Waals surface area (Å²) in [6.45, 7) is 1.95. The first kappa shape index (κ1) is 11.5. The standard InChI is InChI=1S/C10H10ClFOS/c1-2-14-6-10(13)8-4-3-7(11)5-9(8)12/h3-5H,2,6H2,1H3. The van der Waals surface area contributed by atoms with Gasteiger partial charge in [0, 0.05) is 5.02 Å². The van der Waals surface area contributed by atoms with Crippen molar-refractivity contribution in [3.63, 3.8) is 0 Å². The van der Waals surface area contributed by atoms with Crippen molar-refractivity contribution in [2.75, 3.05) is 11.5 Å². The molecule has 0 spiro atoms.